The van der Waals surface area contributed by atoms with Crippen molar-refractivity contribution in [3.05, 3.63) is 0 Å². The lowest BCUT2D eigenvalue weighted by atomic mass is 10.00. The van der Waals surface area contributed by atoms with Crippen molar-refractivity contribution in [1.29, 1.82) is 0 Å². The van der Waals surface area contributed by atoms with Gasteiger partial charge in [0, 0.05) is 0 Å². The number of hydrogen-bond acceptors (Lipinski definition) is 3. The summed E-state index contributed by atoms with van der Waals surface area (Å²) in [6, 6.07) is -0.681. The molecule has 1 heterocycles. The standard InChI is InChI=1S/C7H14N2O2/c8-6(7(10)11)3-5-1-2-9-4-5/h5-6,9H,1-4,8H2,(H,10,11)/t5?,6-/m1/s1. The monoisotopic (exact) mass is 158 g/mol. The lowest BCUT2D eigenvalue weighted by Gasteiger charge is -2.10. The van der Waals surface area contributed by atoms with Crippen LogP contribution in [0.25, 0.3) is 0 Å². The van der Waals surface area contributed by atoms with Crippen LogP contribution in [0.4, 0.5) is 0 Å². The first-order valence-corrected chi connectivity index (χ1v) is 3.89. The maximum absolute atomic E-state index is 10.3. The molecule has 11 heavy (non-hydrogen) atoms. The second kappa shape index (κ2) is 3.69. The van der Waals surface area contributed by atoms with Gasteiger partial charge in [-0.3, -0.25) is 4.79 Å². The van der Waals surface area contributed by atoms with Crippen molar-refractivity contribution in [2.24, 2.45) is 11.7 Å². The third kappa shape index (κ3) is 2.48. The summed E-state index contributed by atoms with van der Waals surface area (Å²) >= 11 is 0. The summed E-state index contributed by atoms with van der Waals surface area (Å²) in [5, 5.41) is 11.7. The van der Waals surface area contributed by atoms with Gasteiger partial charge in [-0.2, -0.15) is 0 Å². The minimum Gasteiger partial charge on any atom is -0.480 e. The molecule has 0 radical (unpaired) electrons. The normalized spacial score (nSPS) is 26.8. The maximum Gasteiger partial charge on any atom is 0.320 e. The molecule has 1 rings (SSSR count). The van der Waals surface area contributed by atoms with E-state index in [9.17, 15) is 4.79 Å². The number of nitrogens with one attached hydrogen (secondary N) is 1. The van der Waals surface area contributed by atoms with E-state index in [2.05, 4.69) is 5.32 Å². The van der Waals surface area contributed by atoms with Crippen LogP contribution in [0.5, 0.6) is 0 Å². The fraction of sp³-hybridized carbons (Fsp3) is 0.857. The van der Waals surface area contributed by atoms with Crippen molar-refractivity contribution in [1.82, 2.24) is 5.32 Å². The van der Waals surface area contributed by atoms with Crippen molar-refractivity contribution >= 4 is 5.97 Å². The van der Waals surface area contributed by atoms with Gasteiger partial charge >= 0.3 is 5.97 Å². The molecule has 4 heteroatoms. The number of carbonyl (C=O) groups is 1. The summed E-state index contributed by atoms with van der Waals surface area (Å²) in [5.74, 6) is -0.432. The smallest absolute Gasteiger partial charge is 0.320 e. The summed E-state index contributed by atoms with van der Waals surface area (Å²) in [4.78, 5) is 10.3. The molecule has 0 aromatic carbocycles. The van der Waals surface area contributed by atoms with Gasteiger partial charge in [-0.05, 0) is 31.8 Å². The minimum atomic E-state index is -0.892. The van der Waals surface area contributed by atoms with Gasteiger partial charge in [0.1, 0.15) is 6.04 Å². The van der Waals surface area contributed by atoms with Gasteiger partial charge in [-0.15, -0.1) is 0 Å². The van der Waals surface area contributed by atoms with Crippen LogP contribution in [-0.4, -0.2) is 30.2 Å². The Morgan fingerprint density at radius 3 is 3.00 bits per heavy atom. The topological polar surface area (TPSA) is 75.3 Å². The second-order valence-corrected chi connectivity index (χ2v) is 3.04. The van der Waals surface area contributed by atoms with E-state index in [1.807, 2.05) is 0 Å². The number of hydrogen-bond donors (Lipinski definition) is 3. The lowest BCUT2D eigenvalue weighted by Crippen LogP contribution is -2.32. The van der Waals surface area contributed by atoms with Crippen molar-refractivity contribution < 1.29 is 9.90 Å². The fourth-order valence-corrected chi connectivity index (χ4v) is 1.38. The number of carboxylic acid groups (broad SMARTS) is 1. The molecule has 0 amide bonds. The molecule has 4 nitrogen and oxygen atoms in total. The Hall–Kier alpha value is -0.610. The molecule has 1 fully saturated rings. The van der Waals surface area contributed by atoms with Crippen LogP contribution in [0.2, 0.25) is 0 Å². The highest BCUT2D eigenvalue weighted by Crippen LogP contribution is 2.13. The van der Waals surface area contributed by atoms with E-state index in [0.29, 0.717) is 12.3 Å². The SMILES string of the molecule is N[C@H](CC1CCNC1)C(=O)O. The van der Waals surface area contributed by atoms with Crippen LogP contribution >= 0.6 is 0 Å². The summed E-state index contributed by atoms with van der Waals surface area (Å²) in [5.41, 5.74) is 5.37. The fourth-order valence-electron chi connectivity index (χ4n) is 1.38. The summed E-state index contributed by atoms with van der Waals surface area (Å²) in [6.07, 6.45) is 1.66. The van der Waals surface area contributed by atoms with Gasteiger partial charge in [0.15, 0.2) is 0 Å². The Bertz CT molecular complexity index is 143. The van der Waals surface area contributed by atoms with E-state index in [1.165, 1.54) is 0 Å². The largest absolute Gasteiger partial charge is 0.480 e. The Morgan fingerprint density at radius 2 is 2.55 bits per heavy atom. The molecule has 0 aromatic heterocycles. The summed E-state index contributed by atoms with van der Waals surface area (Å²) < 4.78 is 0. The van der Waals surface area contributed by atoms with E-state index in [-0.39, 0.29) is 0 Å². The zero-order valence-electron chi connectivity index (χ0n) is 6.42. The van der Waals surface area contributed by atoms with Gasteiger partial charge in [0.25, 0.3) is 0 Å². The van der Waals surface area contributed by atoms with E-state index < -0.39 is 12.0 Å². The first kappa shape index (κ1) is 8.49. The molecule has 0 aliphatic carbocycles. The van der Waals surface area contributed by atoms with Crippen molar-refractivity contribution in [2.45, 2.75) is 18.9 Å². The van der Waals surface area contributed by atoms with Gasteiger partial charge in [0.2, 0.25) is 0 Å². The van der Waals surface area contributed by atoms with Crippen LogP contribution in [0.15, 0.2) is 0 Å². The van der Waals surface area contributed by atoms with Crippen LogP contribution in [-0.2, 0) is 4.79 Å². The minimum absolute atomic E-state index is 0.459. The first-order chi connectivity index (χ1) is 5.20. The highest BCUT2D eigenvalue weighted by Gasteiger charge is 2.21. The highest BCUT2D eigenvalue weighted by molar-refractivity contribution is 5.73. The molecule has 1 saturated heterocycles. The summed E-state index contributed by atoms with van der Waals surface area (Å²) in [6.45, 7) is 1.91. The zero-order valence-corrected chi connectivity index (χ0v) is 6.42. The van der Waals surface area contributed by atoms with Crippen LogP contribution < -0.4 is 11.1 Å². The molecule has 1 aliphatic heterocycles. The van der Waals surface area contributed by atoms with Gasteiger partial charge in [-0.25, -0.2) is 0 Å². The average molecular weight is 158 g/mol. The van der Waals surface area contributed by atoms with Gasteiger partial charge in [0.05, 0.1) is 0 Å². The molecule has 0 aromatic rings. The Balaban J connectivity index is 2.23. The maximum atomic E-state index is 10.3. The second-order valence-electron chi connectivity index (χ2n) is 3.04. The molecule has 0 spiro atoms. The predicted octanol–water partition coefficient (Wildman–Crippen LogP) is -0.602. The summed E-state index contributed by atoms with van der Waals surface area (Å²) in [7, 11) is 0. The number of nitrogens with two attached hydrogens (primary N) is 1. The molecule has 0 bridgehead atoms. The Kier molecular flexibility index (Phi) is 2.84. The molecule has 1 unspecified atom stereocenters. The number of aliphatic carboxylic acids is 1. The molecule has 64 valence electrons. The Labute approximate surface area is 65.8 Å². The van der Waals surface area contributed by atoms with E-state index >= 15 is 0 Å². The van der Waals surface area contributed by atoms with E-state index in [0.717, 1.165) is 19.5 Å². The van der Waals surface area contributed by atoms with Crippen molar-refractivity contribution in [3.8, 4) is 0 Å². The van der Waals surface area contributed by atoms with Crippen LogP contribution in [0.3, 0.4) is 0 Å². The van der Waals surface area contributed by atoms with Crippen molar-refractivity contribution in [2.75, 3.05) is 13.1 Å². The lowest BCUT2D eigenvalue weighted by molar-refractivity contribution is -0.138. The van der Waals surface area contributed by atoms with Gasteiger partial charge in [-0.1, -0.05) is 0 Å². The third-order valence-corrected chi connectivity index (χ3v) is 2.07. The van der Waals surface area contributed by atoms with Crippen LogP contribution in [0.1, 0.15) is 12.8 Å². The Morgan fingerprint density at radius 1 is 1.82 bits per heavy atom. The first-order valence-electron chi connectivity index (χ1n) is 3.89. The zero-order chi connectivity index (χ0) is 8.27. The highest BCUT2D eigenvalue weighted by atomic mass is 16.4. The molecule has 4 N–H and O–H groups in total. The molecular formula is C7H14N2O2. The molecule has 2 atom stereocenters. The number of rotatable bonds is 3. The van der Waals surface area contributed by atoms with Crippen LogP contribution in [0, 0.1) is 5.92 Å². The quantitative estimate of drug-likeness (QED) is 0.512. The third-order valence-electron chi connectivity index (χ3n) is 2.07. The number of carboxylic acids is 1. The molecular weight excluding hydrogens is 144 g/mol. The molecule has 0 saturated carbocycles. The van der Waals surface area contributed by atoms with E-state index in [4.69, 9.17) is 10.8 Å². The van der Waals surface area contributed by atoms with Gasteiger partial charge < -0.3 is 16.2 Å². The predicted molar refractivity (Wildman–Crippen MR) is 41.2 cm³/mol. The average Bonchev–Trinajstić information content (AvgIpc) is 2.39. The molecule has 1 aliphatic rings. The van der Waals surface area contributed by atoms with Crippen molar-refractivity contribution in [3.63, 3.8) is 0 Å². The van der Waals surface area contributed by atoms with E-state index in [1.54, 1.807) is 0 Å².